The van der Waals surface area contributed by atoms with E-state index < -0.39 is 7.55 Å². The molecule has 6 nitrogen and oxygen atoms in total. The van der Waals surface area contributed by atoms with Crippen LogP contribution in [-0.2, 0) is 11.1 Å². The van der Waals surface area contributed by atoms with E-state index in [1.165, 1.54) is 0 Å². The minimum absolute atomic E-state index is 0.0575. The van der Waals surface area contributed by atoms with Crippen molar-refractivity contribution in [2.75, 3.05) is 0 Å². The number of aromatic nitrogens is 4. The average molecular weight is 291 g/mol. The van der Waals surface area contributed by atoms with Gasteiger partial charge in [-0.1, -0.05) is 0 Å². The van der Waals surface area contributed by atoms with E-state index in [0.717, 1.165) is 0 Å². The molecule has 2 rings (SSSR count). The Hall–Kier alpha value is -1.92. The van der Waals surface area contributed by atoms with Crippen LogP contribution < -0.4 is 11.4 Å². The summed E-state index contributed by atoms with van der Waals surface area (Å²) >= 11 is 0. The lowest BCUT2D eigenvalue weighted by Crippen LogP contribution is -2.41. The van der Waals surface area contributed by atoms with Crippen LogP contribution in [0.3, 0.4) is 0 Å². The molecule has 0 bridgehead atoms. The molecule has 0 amide bonds. The zero-order chi connectivity index (χ0) is 16.0. The van der Waals surface area contributed by atoms with Gasteiger partial charge in [-0.15, -0.1) is 0 Å². The van der Waals surface area contributed by atoms with Crippen molar-refractivity contribution in [3.8, 4) is 0 Å². The van der Waals surface area contributed by atoms with Crippen molar-refractivity contribution in [3.63, 3.8) is 0 Å². The van der Waals surface area contributed by atoms with Crippen LogP contribution in [0.25, 0.3) is 0 Å². The Morgan fingerprint density at radius 2 is 1.05 bits per heavy atom. The highest BCUT2D eigenvalue weighted by molar-refractivity contribution is 6.31. The van der Waals surface area contributed by atoms with Gasteiger partial charge in [-0.2, -0.15) is 0 Å². The number of hydrogen-bond acceptors (Lipinski definition) is 2. The fourth-order valence-electron chi connectivity index (χ4n) is 2.49. The maximum atomic E-state index is 12.4. The van der Waals surface area contributed by atoms with Crippen LogP contribution in [0.1, 0.15) is 41.5 Å². The molecule has 0 atom stereocenters. The van der Waals surface area contributed by atoms with Crippen LogP contribution in [0.2, 0.25) is 0 Å². The predicted molar refractivity (Wildman–Crippen MR) is 86.7 cm³/mol. The van der Waals surface area contributed by atoms with Gasteiger partial charge in [0, 0.05) is 23.5 Å². The molecule has 0 N–H and O–H groups in total. The summed E-state index contributed by atoms with van der Waals surface area (Å²) in [6, 6.07) is 0. The highest BCUT2D eigenvalue weighted by atomic mass is 16.2. The fraction of sp³-hybridized carbons (Fsp3) is 0.571. The molecule has 116 valence electrons. The van der Waals surface area contributed by atoms with E-state index in [9.17, 15) is 9.59 Å². The molecule has 0 saturated heterocycles. The van der Waals surface area contributed by atoms with Crippen molar-refractivity contribution in [1.82, 2.24) is 18.1 Å². The first-order valence-electron chi connectivity index (χ1n) is 7.34. The summed E-state index contributed by atoms with van der Waals surface area (Å²) in [7, 11) is -1.06. The van der Waals surface area contributed by atoms with E-state index in [0.29, 0.717) is 0 Å². The molecule has 2 aromatic rings. The first-order chi connectivity index (χ1) is 9.51. The van der Waals surface area contributed by atoms with E-state index >= 15 is 0 Å². The third-order valence-corrected chi connectivity index (χ3v) is 3.77. The number of imidazole rings is 2. The monoisotopic (exact) mass is 291 g/mol. The van der Waals surface area contributed by atoms with Crippen molar-refractivity contribution < 1.29 is 0 Å². The summed E-state index contributed by atoms with van der Waals surface area (Å²) in [5, 5.41) is 0. The van der Waals surface area contributed by atoms with E-state index in [1.54, 1.807) is 42.9 Å². The first kappa shape index (κ1) is 15.5. The molecule has 2 aromatic heterocycles. The predicted octanol–water partition coefficient (Wildman–Crippen LogP) is 0.518. The van der Waals surface area contributed by atoms with Crippen molar-refractivity contribution in [2.24, 2.45) is 0 Å². The van der Waals surface area contributed by atoms with Crippen molar-refractivity contribution in [3.05, 3.63) is 45.8 Å². The Balaban J connectivity index is 2.37. The molecule has 0 aliphatic rings. The lowest BCUT2D eigenvalue weighted by molar-refractivity contribution is 0.383. The molecular weight excluding hydrogens is 267 g/mol. The van der Waals surface area contributed by atoms with E-state index in [1.807, 2.05) is 41.5 Å². The highest BCUT2D eigenvalue weighted by Crippen LogP contribution is 2.10. The van der Waals surface area contributed by atoms with Gasteiger partial charge in [0.2, 0.25) is 0 Å². The maximum Gasteiger partial charge on any atom is 0.289 e. The minimum atomic E-state index is -1.06. The summed E-state index contributed by atoms with van der Waals surface area (Å²) in [5.74, 6) is 0. The largest absolute Gasteiger partial charge is 0.460 e. The van der Waals surface area contributed by atoms with Gasteiger partial charge in [0.25, 0.3) is 11.4 Å². The van der Waals surface area contributed by atoms with Gasteiger partial charge in [0.15, 0.2) is 7.55 Å². The first-order valence-corrected chi connectivity index (χ1v) is 7.34. The van der Waals surface area contributed by atoms with Gasteiger partial charge < -0.3 is 8.96 Å². The van der Waals surface area contributed by atoms with E-state index in [-0.39, 0.29) is 22.5 Å². The molecule has 21 heavy (non-hydrogen) atoms. The molecule has 0 spiro atoms. The lowest BCUT2D eigenvalue weighted by Gasteiger charge is -2.21. The standard InChI is InChI=1S/C14H24BN4O2/c1-13(2,3)16-7-9-18(11(16)20)15-19-10-8-17(12(19)21)14(4,5)6/h7-10H,15H2,1-6H3/q-1. The van der Waals surface area contributed by atoms with Crippen LogP contribution in [-0.4, -0.2) is 25.6 Å². The molecule has 0 aliphatic heterocycles. The Morgan fingerprint density at radius 3 is 1.29 bits per heavy atom. The second kappa shape index (κ2) is 4.82. The molecule has 0 aliphatic carbocycles. The second-order valence-corrected chi connectivity index (χ2v) is 7.66. The van der Waals surface area contributed by atoms with Gasteiger partial charge in [-0.05, 0) is 53.9 Å². The molecule has 0 saturated carbocycles. The van der Waals surface area contributed by atoms with Crippen molar-refractivity contribution in [1.29, 1.82) is 0 Å². The smallest absolute Gasteiger partial charge is 0.289 e. The summed E-state index contributed by atoms with van der Waals surface area (Å²) < 4.78 is 6.73. The number of nitrogens with zero attached hydrogens (tertiary/aromatic N) is 4. The van der Waals surface area contributed by atoms with Crippen LogP contribution in [0.4, 0.5) is 0 Å². The third kappa shape index (κ3) is 2.91. The molecular formula is C14H24BN4O2-. The number of rotatable bonds is 2. The molecule has 0 radical (unpaired) electrons. The highest BCUT2D eigenvalue weighted by Gasteiger charge is 2.17. The summed E-state index contributed by atoms with van der Waals surface area (Å²) in [5.41, 5.74) is -0.621. The zero-order valence-corrected chi connectivity index (χ0v) is 13.9. The lowest BCUT2D eigenvalue weighted by atomic mass is 10.1. The van der Waals surface area contributed by atoms with Crippen LogP contribution in [0.15, 0.2) is 34.4 Å². The average Bonchev–Trinajstić information content (AvgIpc) is 2.83. The fourth-order valence-corrected chi connectivity index (χ4v) is 2.49. The minimum Gasteiger partial charge on any atom is -0.460 e. The van der Waals surface area contributed by atoms with Gasteiger partial charge in [-0.25, -0.2) is 0 Å². The van der Waals surface area contributed by atoms with E-state index in [4.69, 9.17) is 0 Å². The van der Waals surface area contributed by atoms with Gasteiger partial charge in [0.1, 0.15) is 0 Å². The third-order valence-electron chi connectivity index (χ3n) is 3.77. The summed E-state index contributed by atoms with van der Waals surface area (Å²) in [6.45, 7) is 11.9. The van der Waals surface area contributed by atoms with Gasteiger partial charge in [-0.3, -0.25) is 18.7 Å². The second-order valence-electron chi connectivity index (χ2n) is 7.66. The Labute approximate surface area is 124 Å². The molecule has 7 heteroatoms. The van der Waals surface area contributed by atoms with Crippen molar-refractivity contribution >= 4 is 7.55 Å². The molecule has 0 unspecified atom stereocenters. The Kier molecular flexibility index (Phi) is 3.55. The Bertz CT molecular complexity index is 685. The van der Waals surface area contributed by atoms with Crippen LogP contribution in [0, 0.1) is 0 Å². The molecule has 0 aromatic carbocycles. The van der Waals surface area contributed by atoms with Crippen molar-refractivity contribution in [2.45, 2.75) is 52.6 Å². The summed E-state index contributed by atoms with van der Waals surface area (Å²) in [4.78, 5) is 24.7. The normalized spacial score (nSPS) is 12.9. The van der Waals surface area contributed by atoms with Crippen LogP contribution in [0.5, 0.6) is 0 Å². The van der Waals surface area contributed by atoms with E-state index in [2.05, 4.69) is 0 Å². The van der Waals surface area contributed by atoms with Gasteiger partial charge >= 0.3 is 0 Å². The maximum absolute atomic E-state index is 12.4. The van der Waals surface area contributed by atoms with Gasteiger partial charge in [0.05, 0.1) is 0 Å². The summed E-state index contributed by atoms with van der Waals surface area (Å²) in [6.07, 6.45) is 7.12. The van der Waals surface area contributed by atoms with Crippen LogP contribution >= 0.6 is 0 Å². The SMILES string of the molecule is CC(C)(C)n1ccn([BH2-]n2ccn(C(C)(C)C)c2=O)c1=O. The molecule has 0 fully saturated rings. The number of hydrogen-bond donors (Lipinski definition) is 0. The molecule has 2 heterocycles. The topological polar surface area (TPSA) is 53.9 Å². The zero-order valence-electron chi connectivity index (χ0n) is 13.9. The Morgan fingerprint density at radius 1 is 0.714 bits per heavy atom. The quantitative estimate of drug-likeness (QED) is 0.757.